The fourth-order valence-electron chi connectivity index (χ4n) is 4.01. The lowest BCUT2D eigenvalue weighted by Crippen LogP contribution is -2.48. The third-order valence-corrected chi connectivity index (χ3v) is 6.40. The zero-order chi connectivity index (χ0) is 20.2. The lowest BCUT2D eigenvalue weighted by Gasteiger charge is -2.39. The van der Waals surface area contributed by atoms with E-state index in [1.807, 2.05) is 39.8 Å². The molecule has 3 heterocycles. The van der Waals surface area contributed by atoms with Crippen LogP contribution in [0.15, 0.2) is 58.3 Å². The van der Waals surface area contributed by atoms with E-state index in [0.29, 0.717) is 36.0 Å². The van der Waals surface area contributed by atoms with Crippen LogP contribution in [0.5, 0.6) is 0 Å². The summed E-state index contributed by atoms with van der Waals surface area (Å²) in [6, 6.07) is 14.5. The molecule has 29 heavy (non-hydrogen) atoms. The van der Waals surface area contributed by atoms with Gasteiger partial charge in [0, 0.05) is 12.1 Å². The Kier molecular flexibility index (Phi) is 6.04. The van der Waals surface area contributed by atoms with Crippen molar-refractivity contribution in [2.45, 2.75) is 56.9 Å². The Balaban J connectivity index is 1.54. The van der Waals surface area contributed by atoms with Crippen LogP contribution >= 0.6 is 11.8 Å². The molecule has 1 aromatic carbocycles. The van der Waals surface area contributed by atoms with Crippen molar-refractivity contribution in [1.82, 2.24) is 19.7 Å². The second-order valence-electron chi connectivity index (χ2n) is 7.57. The number of hydrogen-bond acceptors (Lipinski definition) is 5. The number of amides is 1. The average Bonchev–Trinajstić information content (AvgIpc) is 3.37. The minimum Gasteiger partial charge on any atom is -0.461 e. The van der Waals surface area contributed by atoms with Gasteiger partial charge in [0.2, 0.25) is 11.7 Å². The molecule has 0 spiro atoms. The van der Waals surface area contributed by atoms with Gasteiger partial charge in [-0.2, -0.15) is 0 Å². The molecule has 1 saturated heterocycles. The van der Waals surface area contributed by atoms with Crippen molar-refractivity contribution < 1.29 is 9.21 Å². The minimum absolute atomic E-state index is 0.170. The average molecular weight is 411 g/mol. The first-order valence-corrected chi connectivity index (χ1v) is 11.1. The monoisotopic (exact) mass is 410 g/mol. The maximum Gasteiger partial charge on any atom is 0.233 e. The molecule has 6 nitrogen and oxygen atoms in total. The van der Waals surface area contributed by atoms with Crippen LogP contribution in [0.4, 0.5) is 0 Å². The summed E-state index contributed by atoms with van der Waals surface area (Å²) < 4.78 is 7.58. The Morgan fingerprint density at radius 1 is 1.10 bits per heavy atom. The molecule has 0 saturated carbocycles. The van der Waals surface area contributed by atoms with E-state index in [1.54, 1.807) is 6.26 Å². The second-order valence-corrected chi connectivity index (χ2v) is 8.52. The molecule has 3 aromatic rings. The largest absolute Gasteiger partial charge is 0.461 e. The van der Waals surface area contributed by atoms with Gasteiger partial charge in [0.15, 0.2) is 10.9 Å². The van der Waals surface area contributed by atoms with Gasteiger partial charge in [-0.25, -0.2) is 0 Å². The van der Waals surface area contributed by atoms with E-state index in [-0.39, 0.29) is 5.91 Å². The summed E-state index contributed by atoms with van der Waals surface area (Å²) in [5.74, 6) is 1.88. The van der Waals surface area contributed by atoms with Crippen molar-refractivity contribution in [3.8, 4) is 11.6 Å². The summed E-state index contributed by atoms with van der Waals surface area (Å²) >= 11 is 1.45. The van der Waals surface area contributed by atoms with Crippen LogP contribution in [0.3, 0.4) is 0 Å². The molecular formula is C22H26N4O2S. The van der Waals surface area contributed by atoms with E-state index >= 15 is 0 Å². The predicted octanol–water partition coefficient (Wildman–Crippen LogP) is 4.47. The maximum atomic E-state index is 12.9. The van der Waals surface area contributed by atoms with Crippen molar-refractivity contribution in [1.29, 1.82) is 0 Å². The maximum absolute atomic E-state index is 12.9. The molecule has 1 amide bonds. The van der Waals surface area contributed by atoms with Crippen LogP contribution in [0, 0.1) is 0 Å². The van der Waals surface area contributed by atoms with Crippen molar-refractivity contribution >= 4 is 17.7 Å². The van der Waals surface area contributed by atoms with Crippen LogP contribution < -0.4 is 0 Å². The number of furan rings is 1. The molecule has 0 N–H and O–H groups in total. The second kappa shape index (κ2) is 8.86. The Bertz CT molecular complexity index is 929. The number of aromatic nitrogens is 3. The van der Waals surface area contributed by atoms with Gasteiger partial charge >= 0.3 is 0 Å². The standard InChI is InChI=1S/C22H26N4O2S/c1-16-8-6-9-17(2)26(16)20(27)15-29-22-24-23-21(19-12-7-13-28-19)25(22)14-18-10-4-3-5-11-18/h3-5,7,10-13,16-17H,6,8-9,14-15H2,1-2H3/t16-,17+. The minimum atomic E-state index is 0.170. The van der Waals surface area contributed by atoms with Crippen LogP contribution in [0.1, 0.15) is 38.7 Å². The number of thioether (sulfide) groups is 1. The molecule has 1 aliphatic heterocycles. The number of piperidine rings is 1. The number of rotatable bonds is 6. The van der Waals surface area contributed by atoms with Gasteiger partial charge < -0.3 is 9.32 Å². The normalized spacial score (nSPS) is 19.4. The molecule has 0 unspecified atom stereocenters. The molecule has 1 fully saturated rings. The zero-order valence-corrected chi connectivity index (χ0v) is 17.6. The Hall–Kier alpha value is -2.54. The molecule has 0 aliphatic carbocycles. The Morgan fingerprint density at radius 3 is 2.55 bits per heavy atom. The van der Waals surface area contributed by atoms with Gasteiger partial charge in [0.05, 0.1) is 18.6 Å². The fraction of sp³-hybridized carbons (Fsp3) is 0.409. The van der Waals surface area contributed by atoms with Gasteiger partial charge in [-0.1, -0.05) is 42.1 Å². The van der Waals surface area contributed by atoms with Crippen LogP contribution in [0.2, 0.25) is 0 Å². The summed E-state index contributed by atoms with van der Waals surface area (Å²) in [4.78, 5) is 15.0. The van der Waals surface area contributed by atoms with E-state index in [1.165, 1.54) is 18.2 Å². The van der Waals surface area contributed by atoms with Gasteiger partial charge in [0.1, 0.15) is 0 Å². The molecular weight excluding hydrogens is 384 g/mol. The SMILES string of the molecule is C[C@@H]1CCC[C@H](C)N1C(=O)CSc1nnc(-c2ccco2)n1Cc1ccccc1. The van der Waals surface area contributed by atoms with E-state index in [4.69, 9.17) is 4.42 Å². The van der Waals surface area contributed by atoms with Crippen LogP contribution in [-0.4, -0.2) is 43.4 Å². The molecule has 2 aromatic heterocycles. The zero-order valence-electron chi connectivity index (χ0n) is 16.8. The first kappa shape index (κ1) is 19.8. The van der Waals surface area contributed by atoms with Crippen molar-refractivity contribution in [2.24, 2.45) is 0 Å². The summed E-state index contributed by atoms with van der Waals surface area (Å²) in [5.41, 5.74) is 1.14. The molecule has 0 bridgehead atoms. The number of likely N-dealkylation sites (tertiary alicyclic amines) is 1. The topological polar surface area (TPSA) is 64.2 Å². The van der Waals surface area contributed by atoms with Gasteiger partial charge in [-0.3, -0.25) is 9.36 Å². The quantitative estimate of drug-likeness (QED) is 0.561. The third-order valence-electron chi connectivity index (χ3n) is 5.45. The highest BCUT2D eigenvalue weighted by Gasteiger charge is 2.29. The fourth-order valence-corrected chi connectivity index (χ4v) is 4.81. The summed E-state index contributed by atoms with van der Waals surface area (Å²) in [5, 5.41) is 9.44. The van der Waals surface area contributed by atoms with Gasteiger partial charge in [-0.15, -0.1) is 10.2 Å². The summed E-state index contributed by atoms with van der Waals surface area (Å²) in [6.07, 6.45) is 4.98. The van der Waals surface area contributed by atoms with Crippen molar-refractivity contribution in [3.63, 3.8) is 0 Å². The van der Waals surface area contributed by atoms with Gasteiger partial charge in [0.25, 0.3) is 0 Å². The van der Waals surface area contributed by atoms with E-state index in [9.17, 15) is 4.79 Å². The lowest BCUT2D eigenvalue weighted by molar-refractivity contribution is -0.134. The van der Waals surface area contributed by atoms with Crippen LogP contribution in [-0.2, 0) is 11.3 Å². The molecule has 2 atom stereocenters. The predicted molar refractivity (Wildman–Crippen MR) is 114 cm³/mol. The number of hydrogen-bond donors (Lipinski definition) is 0. The molecule has 0 radical (unpaired) electrons. The molecule has 152 valence electrons. The number of benzene rings is 1. The highest BCUT2D eigenvalue weighted by molar-refractivity contribution is 7.99. The Morgan fingerprint density at radius 2 is 1.86 bits per heavy atom. The van der Waals surface area contributed by atoms with E-state index < -0.39 is 0 Å². The highest BCUT2D eigenvalue weighted by atomic mass is 32.2. The van der Waals surface area contributed by atoms with Gasteiger partial charge in [-0.05, 0) is 50.8 Å². The van der Waals surface area contributed by atoms with E-state index in [0.717, 1.165) is 23.6 Å². The first-order chi connectivity index (χ1) is 14.1. The lowest BCUT2D eigenvalue weighted by atomic mass is 9.98. The molecule has 7 heteroatoms. The first-order valence-electron chi connectivity index (χ1n) is 10.1. The number of nitrogens with zero attached hydrogens (tertiary/aromatic N) is 4. The molecule has 1 aliphatic rings. The third kappa shape index (κ3) is 4.40. The highest BCUT2D eigenvalue weighted by Crippen LogP contribution is 2.28. The smallest absolute Gasteiger partial charge is 0.233 e. The number of carbonyl (C=O) groups is 1. The summed E-state index contributed by atoms with van der Waals surface area (Å²) in [6.45, 7) is 4.91. The van der Waals surface area contributed by atoms with Crippen molar-refractivity contribution in [2.75, 3.05) is 5.75 Å². The van der Waals surface area contributed by atoms with E-state index in [2.05, 4.69) is 36.2 Å². The van der Waals surface area contributed by atoms with Crippen LogP contribution in [0.25, 0.3) is 11.6 Å². The number of carbonyl (C=O) groups excluding carboxylic acids is 1. The van der Waals surface area contributed by atoms with Crippen molar-refractivity contribution in [3.05, 3.63) is 54.3 Å². The Labute approximate surface area is 175 Å². The molecule has 4 rings (SSSR count). The summed E-state index contributed by atoms with van der Waals surface area (Å²) in [7, 11) is 0.